The van der Waals surface area contributed by atoms with E-state index in [1.165, 1.54) is 0 Å². The monoisotopic (exact) mass is 180 g/mol. The van der Waals surface area contributed by atoms with Crippen molar-refractivity contribution in [3.63, 3.8) is 0 Å². The van der Waals surface area contributed by atoms with Crippen molar-refractivity contribution in [2.45, 2.75) is 13.8 Å². The van der Waals surface area contributed by atoms with E-state index in [0.29, 0.717) is 17.8 Å². The van der Waals surface area contributed by atoms with Gasteiger partial charge in [0.25, 0.3) is 0 Å². The minimum absolute atomic E-state index is 0.204. The lowest BCUT2D eigenvalue weighted by Crippen LogP contribution is -2.04. The second-order valence-electron chi connectivity index (χ2n) is 2.69. The predicted molar refractivity (Wildman–Crippen MR) is 49.2 cm³/mol. The Morgan fingerprint density at radius 1 is 1.54 bits per heavy atom. The van der Waals surface area contributed by atoms with E-state index < -0.39 is 0 Å². The molecule has 0 amide bonds. The van der Waals surface area contributed by atoms with E-state index in [0.717, 1.165) is 0 Å². The molecule has 0 saturated heterocycles. The Labute approximate surface area is 77.0 Å². The Kier molecular flexibility index (Phi) is 2.90. The molecule has 0 saturated carbocycles. The molecule has 0 spiro atoms. The molecule has 0 atom stereocenters. The van der Waals surface area contributed by atoms with Gasteiger partial charge in [0.2, 0.25) is 0 Å². The fraction of sp³-hybridized carbons (Fsp3) is 0.300. The highest BCUT2D eigenvalue weighted by molar-refractivity contribution is 5.93. The normalized spacial score (nSPS) is 18.5. The highest BCUT2D eigenvalue weighted by atomic mass is 16.5. The molecule has 1 rings (SSSR count). The Bertz CT molecular complexity index is 304. The van der Waals surface area contributed by atoms with Crippen molar-refractivity contribution in [1.29, 1.82) is 0 Å². The number of ether oxygens (including phenoxy) is 1. The van der Waals surface area contributed by atoms with Gasteiger partial charge in [-0.15, -0.1) is 0 Å². The molecule has 3 nitrogen and oxygen atoms in total. The largest absolute Gasteiger partial charge is 0.512 e. The summed E-state index contributed by atoms with van der Waals surface area (Å²) in [5, 5.41) is 9.11. The molecule has 0 bridgehead atoms. The molecule has 0 unspecified atom stereocenters. The second kappa shape index (κ2) is 3.94. The van der Waals surface area contributed by atoms with Crippen LogP contribution >= 0.6 is 0 Å². The first-order valence-corrected chi connectivity index (χ1v) is 4.12. The summed E-state index contributed by atoms with van der Waals surface area (Å²) in [7, 11) is 0. The van der Waals surface area contributed by atoms with Crippen LogP contribution in [-0.4, -0.2) is 17.7 Å². The minimum atomic E-state index is -0.352. The molecule has 0 heterocycles. The van der Waals surface area contributed by atoms with E-state index >= 15 is 0 Å². The molecule has 0 radical (unpaired) electrons. The summed E-state index contributed by atoms with van der Waals surface area (Å²) in [5.74, 6) is -0.148. The molecule has 0 fully saturated rings. The van der Waals surface area contributed by atoms with Crippen LogP contribution in [0.1, 0.15) is 13.8 Å². The molecule has 1 N–H and O–H groups in total. The van der Waals surface area contributed by atoms with Crippen LogP contribution < -0.4 is 0 Å². The van der Waals surface area contributed by atoms with Crippen LogP contribution in [0.25, 0.3) is 0 Å². The van der Waals surface area contributed by atoms with Crippen LogP contribution in [0.4, 0.5) is 0 Å². The summed E-state index contributed by atoms with van der Waals surface area (Å²) in [6.45, 7) is 3.69. The summed E-state index contributed by atoms with van der Waals surface area (Å²) >= 11 is 0. The van der Waals surface area contributed by atoms with Crippen molar-refractivity contribution >= 4 is 5.97 Å². The van der Waals surface area contributed by atoms with Crippen molar-refractivity contribution < 1.29 is 14.6 Å². The maximum absolute atomic E-state index is 11.2. The highest BCUT2D eigenvalue weighted by Crippen LogP contribution is 2.18. The van der Waals surface area contributed by atoms with Crippen molar-refractivity contribution in [2.75, 3.05) is 6.61 Å². The lowest BCUT2D eigenvalue weighted by atomic mass is 10.2. The number of carbonyl (C=O) groups is 1. The van der Waals surface area contributed by atoms with Gasteiger partial charge in [0.1, 0.15) is 0 Å². The molecule has 1 aliphatic carbocycles. The van der Waals surface area contributed by atoms with Gasteiger partial charge in [0, 0.05) is 5.57 Å². The van der Waals surface area contributed by atoms with Gasteiger partial charge in [-0.25, -0.2) is 4.79 Å². The average Bonchev–Trinajstić information content (AvgIpc) is 2.52. The molecular weight excluding hydrogens is 168 g/mol. The van der Waals surface area contributed by atoms with Crippen molar-refractivity contribution in [3.8, 4) is 0 Å². The number of hydrogen-bond acceptors (Lipinski definition) is 3. The van der Waals surface area contributed by atoms with Gasteiger partial charge < -0.3 is 9.84 Å². The predicted octanol–water partition coefficient (Wildman–Crippen LogP) is 1.88. The maximum Gasteiger partial charge on any atom is 0.338 e. The first-order valence-electron chi connectivity index (χ1n) is 4.12. The number of aliphatic hydroxyl groups is 1. The Morgan fingerprint density at radius 2 is 2.23 bits per heavy atom. The molecular formula is C10H12O3. The number of rotatable bonds is 2. The summed E-state index contributed by atoms with van der Waals surface area (Å²) in [5.41, 5.74) is 1.13. The van der Waals surface area contributed by atoms with Crippen LogP contribution in [0.2, 0.25) is 0 Å². The van der Waals surface area contributed by atoms with E-state index in [-0.39, 0.29) is 11.7 Å². The van der Waals surface area contributed by atoms with Crippen LogP contribution in [0, 0.1) is 0 Å². The van der Waals surface area contributed by atoms with Crippen molar-refractivity contribution in [3.05, 3.63) is 35.1 Å². The molecule has 3 heteroatoms. The van der Waals surface area contributed by atoms with Gasteiger partial charge in [-0.05, 0) is 26.0 Å². The van der Waals surface area contributed by atoms with Gasteiger partial charge in [-0.2, -0.15) is 0 Å². The smallest absolute Gasteiger partial charge is 0.338 e. The Hall–Kier alpha value is -1.51. The Balaban J connectivity index is 2.77. The lowest BCUT2D eigenvalue weighted by Gasteiger charge is -1.98. The quantitative estimate of drug-likeness (QED) is 0.521. The molecule has 70 valence electrons. The van der Waals surface area contributed by atoms with E-state index in [2.05, 4.69) is 0 Å². The zero-order valence-electron chi connectivity index (χ0n) is 7.70. The lowest BCUT2D eigenvalue weighted by molar-refractivity contribution is -0.138. The van der Waals surface area contributed by atoms with Gasteiger partial charge in [-0.3, -0.25) is 0 Å². The van der Waals surface area contributed by atoms with Crippen molar-refractivity contribution in [1.82, 2.24) is 0 Å². The number of allylic oxidation sites excluding steroid dienone is 4. The summed E-state index contributed by atoms with van der Waals surface area (Å²) in [6, 6.07) is 0. The van der Waals surface area contributed by atoms with E-state index in [1.807, 2.05) is 0 Å². The summed E-state index contributed by atoms with van der Waals surface area (Å²) in [6.07, 6.45) is 4.92. The van der Waals surface area contributed by atoms with Crippen LogP contribution in [0.15, 0.2) is 35.1 Å². The van der Waals surface area contributed by atoms with Crippen LogP contribution in [0.5, 0.6) is 0 Å². The first kappa shape index (κ1) is 9.58. The molecule has 0 aromatic rings. The third-order valence-electron chi connectivity index (χ3n) is 1.68. The average molecular weight is 180 g/mol. The number of hydrogen-bond donors (Lipinski definition) is 1. The number of esters is 1. The van der Waals surface area contributed by atoms with Gasteiger partial charge >= 0.3 is 5.97 Å². The van der Waals surface area contributed by atoms with Crippen LogP contribution in [0.3, 0.4) is 0 Å². The van der Waals surface area contributed by atoms with E-state index in [9.17, 15) is 4.79 Å². The van der Waals surface area contributed by atoms with E-state index in [4.69, 9.17) is 9.84 Å². The second-order valence-corrected chi connectivity index (χ2v) is 2.69. The summed E-state index contributed by atoms with van der Waals surface area (Å²) < 4.78 is 4.79. The zero-order chi connectivity index (χ0) is 9.84. The van der Waals surface area contributed by atoms with E-state index in [1.54, 1.807) is 32.1 Å². The molecule has 0 aromatic carbocycles. The molecule has 0 aromatic heterocycles. The molecule has 13 heavy (non-hydrogen) atoms. The maximum atomic E-state index is 11.2. The summed E-state index contributed by atoms with van der Waals surface area (Å²) in [4.78, 5) is 11.2. The fourth-order valence-electron chi connectivity index (χ4n) is 1.01. The SMILES string of the molecule is CCOC(=O)C1=CC(=C(C)O)C=C1. The standard InChI is InChI=1S/C10H12O3/c1-3-13-10(12)9-5-4-8(6-9)7(2)11/h4-6,11H,3H2,1-2H3. The molecule has 1 aliphatic rings. The van der Waals surface area contributed by atoms with Gasteiger partial charge in [0.15, 0.2) is 0 Å². The third-order valence-corrected chi connectivity index (χ3v) is 1.68. The fourth-order valence-corrected chi connectivity index (χ4v) is 1.01. The van der Waals surface area contributed by atoms with Crippen LogP contribution in [-0.2, 0) is 9.53 Å². The third kappa shape index (κ3) is 2.21. The van der Waals surface area contributed by atoms with Gasteiger partial charge in [-0.1, -0.05) is 6.08 Å². The van der Waals surface area contributed by atoms with Crippen molar-refractivity contribution in [2.24, 2.45) is 0 Å². The zero-order valence-corrected chi connectivity index (χ0v) is 7.70. The Morgan fingerprint density at radius 3 is 2.69 bits per heavy atom. The molecule has 0 aliphatic heterocycles. The first-order chi connectivity index (χ1) is 6.15. The van der Waals surface area contributed by atoms with Gasteiger partial charge in [0.05, 0.1) is 17.9 Å². The number of carbonyl (C=O) groups excluding carboxylic acids is 1. The number of aliphatic hydroxyl groups excluding tert-OH is 1. The highest BCUT2D eigenvalue weighted by Gasteiger charge is 2.12. The topological polar surface area (TPSA) is 46.5 Å². The minimum Gasteiger partial charge on any atom is -0.512 e.